The lowest BCUT2D eigenvalue weighted by Crippen LogP contribution is -2.12. The lowest BCUT2D eigenvalue weighted by Gasteiger charge is -2.12. The molecule has 0 saturated heterocycles. The molecule has 0 N–H and O–H groups in total. The lowest BCUT2D eigenvalue weighted by atomic mass is 9.94. The maximum Gasteiger partial charge on any atom is 0.136 e. The topological polar surface area (TPSA) is 17.1 Å². The molecule has 2 unspecified atom stereocenters. The fraction of sp³-hybridized carbons (Fsp3) is 0.615. The van der Waals surface area contributed by atoms with E-state index in [2.05, 4.69) is 26.0 Å². The molecule has 1 saturated carbocycles. The van der Waals surface area contributed by atoms with Crippen molar-refractivity contribution in [2.75, 3.05) is 0 Å². The van der Waals surface area contributed by atoms with Crippen molar-refractivity contribution in [3.63, 3.8) is 0 Å². The average Bonchev–Trinajstić information content (AvgIpc) is 2.80. The summed E-state index contributed by atoms with van der Waals surface area (Å²) in [6.45, 7) is 4.28. The van der Waals surface area contributed by atoms with E-state index in [-0.39, 0.29) is 5.92 Å². The van der Waals surface area contributed by atoms with Gasteiger partial charge in [0.1, 0.15) is 5.78 Å². The Morgan fingerprint density at radius 2 is 2.13 bits per heavy atom. The fourth-order valence-corrected chi connectivity index (χ4v) is 3.38. The molecule has 2 atom stereocenters. The molecule has 2 rings (SSSR count). The zero-order valence-corrected chi connectivity index (χ0v) is 10.3. The van der Waals surface area contributed by atoms with E-state index in [9.17, 15) is 4.79 Å². The predicted octanol–water partition coefficient (Wildman–Crippen LogP) is 3.47. The number of carbonyl (C=O) groups excluding carboxylic acids is 1. The number of aryl methyl sites for hydroxylation is 1. The van der Waals surface area contributed by atoms with Gasteiger partial charge in [0.05, 0.1) is 0 Å². The normalized spacial score (nSPS) is 26.1. The van der Waals surface area contributed by atoms with Gasteiger partial charge >= 0.3 is 0 Å². The summed E-state index contributed by atoms with van der Waals surface area (Å²) in [5.41, 5.74) is 0. The van der Waals surface area contributed by atoms with Crippen LogP contribution in [0.5, 0.6) is 0 Å². The Morgan fingerprint density at radius 3 is 2.67 bits per heavy atom. The van der Waals surface area contributed by atoms with Crippen molar-refractivity contribution >= 4 is 17.1 Å². The minimum Gasteiger partial charge on any atom is -0.299 e. The van der Waals surface area contributed by atoms with Gasteiger partial charge in [-0.25, -0.2) is 0 Å². The first kappa shape index (κ1) is 10.9. The number of hydrogen-bond acceptors (Lipinski definition) is 2. The van der Waals surface area contributed by atoms with Crippen molar-refractivity contribution in [1.82, 2.24) is 0 Å². The van der Waals surface area contributed by atoms with Crippen LogP contribution in [0.2, 0.25) is 0 Å². The third-order valence-electron chi connectivity index (χ3n) is 3.51. The van der Waals surface area contributed by atoms with Crippen LogP contribution in [-0.2, 0) is 17.6 Å². The van der Waals surface area contributed by atoms with Crippen LogP contribution >= 0.6 is 11.3 Å². The molecule has 0 aromatic carbocycles. The first-order chi connectivity index (χ1) is 7.20. The summed E-state index contributed by atoms with van der Waals surface area (Å²) in [6.07, 6.45) is 4.14. The van der Waals surface area contributed by atoms with Crippen molar-refractivity contribution in [3.05, 3.63) is 21.9 Å². The maximum absolute atomic E-state index is 11.4. The van der Waals surface area contributed by atoms with E-state index < -0.39 is 0 Å². The molecule has 1 nitrogen and oxygen atoms in total. The molecule has 15 heavy (non-hydrogen) atoms. The van der Waals surface area contributed by atoms with E-state index in [4.69, 9.17) is 0 Å². The lowest BCUT2D eigenvalue weighted by molar-refractivity contribution is -0.120. The van der Waals surface area contributed by atoms with Crippen LogP contribution in [0.15, 0.2) is 12.1 Å². The molecule has 0 bridgehead atoms. The fourth-order valence-electron chi connectivity index (χ4n) is 2.33. The predicted molar refractivity (Wildman–Crippen MR) is 64.3 cm³/mol. The largest absolute Gasteiger partial charge is 0.299 e. The van der Waals surface area contributed by atoms with E-state index >= 15 is 0 Å². The highest BCUT2D eigenvalue weighted by Gasteiger charge is 2.30. The summed E-state index contributed by atoms with van der Waals surface area (Å²) in [7, 11) is 0. The number of rotatable bonds is 3. The van der Waals surface area contributed by atoms with Crippen molar-refractivity contribution in [2.24, 2.45) is 11.8 Å². The molecular weight excluding hydrogens is 204 g/mol. The van der Waals surface area contributed by atoms with Crippen molar-refractivity contribution < 1.29 is 4.79 Å². The Labute approximate surface area is 95.5 Å². The van der Waals surface area contributed by atoms with Crippen LogP contribution in [0.3, 0.4) is 0 Å². The Balaban J connectivity index is 2.00. The molecule has 0 amide bonds. The van der Waals surface area contributed by atoms with Gasteiger partial charge in [-0.1, -0.05) is 13.8 Å². The summed E-state index contributed by atoms with van der Waals surface area (Å²) in [5, 5.41) is 0. The van der Waals surface area contributed by atoms with Crippen molar-refractivity contribution in [3.8, 4) is 0 Å². The van der Waals surface area contributed by atoms with Gasteiger partial charge in [0.15, 0.2) is 0 Å². The zero-order chi connectivity index (χ0) is 10.8. The Morgan fingerprint density at radius 1 is 1.40 bits per heavy atom. The molecule has 82 valence electrons. The molecule has 0 aliphatic heterocycles. The summed E-state index contributed by atoms with van der Waals surface area (Å²) >= 11 is 1.91. The number of hydrogen-bond donors (Lipinski definition) is 0. The second kappa shape index (κ2) is 4.48. The van der Waals surface area contributed by atoms with Gasteiger partial charge in [-0.15, -0.1) is 11.3 Å². The monoisotopic (exact) mass is 222 g/mol. The van der Waals surface area contributed by atoms with Gasteiger partial charge in [0.25, 0.3) is 0 Å². The average molecular weight is 222 g/mol. The highest BCUT2D eigenvalue weighted by atomic mass is 32.1. The van der Waals surface area contributed by atoms with Crippen molar-refractivity contribution in [2.45, 2.75) is 39.5 Å². The molecular formula is C13H18OS. The molecule has 1 heterocycles. The van der Waals surface area contributed by atoms with Gasteiger partial charge in [0.2, 0.25) is 0 Å². The first-order valence-corrected chi connectivity index (χ1v) is 6.62. The minimum absolute atomic E-state index is 0.289. The molecule has 1 aromatic heterocycles. The number of thiophene rings is 1. The van der Waals surface area contributed by atoms with Gasteiger partial charge in [-0.05, 0) is 37.3 Å². The van der Waals surface area contributed by atoms with Crippen molar-refractivity contribution in [1.29, 1.82) is 0 Å². The SMILES string of the molecule is CCc1ccc(CC2CCC(=O)C2C)s1. The van der Waals surface area contributed by atoms with Crippen LogP contribution in [0, 0.1) is 11.8 Å². The van der Waals surface area contributed by atoms with Crippen LogP contribution in [0.4, 0.5) is 0 Å². The third kappa shape index (κ3) is 2.31. The molecule has 1 fully saturated rings. The molecule has 0 spiro atoms. The van der Waals surface area contributed by atoms with E-state index in [0.29, 0.717) is 11.7 Å². The molecule has 1 aliphatic carbocycles. The summed E-state index contributed by atoms with van der Waals surface area (Å²) in [6, 6.07) is 4.46. The number of Topliss-reactive ketones (excluding diaryl/α,β-unsaturated/α-hetero) is 1. The van der Waals surface area contributed by atoms with Crippen LogP contribution < -0.4 is 0 Å². The Hall–Kier alpha value is -0.630. The first-order valence-electron chi connectivity index (χ1n) is 5.81. The van der Waals surface area contributed by atoms with Gasteiger partial charge in [-0.3, -0.25) is 4.79 Å². The summed E-state index contributed by atoms with van der Waals surface area (Å²) < 4.78 is 0. The molecule has 1 aliphatic rings. The quantitative estimate of drug-likeness (QED) is 0.765. The Bertz CT molecular complexity index is 353. The van der Waals surface area contributed by atoms with E-state index in [1.807, 2.05) is 11.3 Å². The Kier molecular flexibility index (Phi) is 3.25. The number of ketones is 1. The van der Waals surface area contributed by atoms with E-state index in [0.717, 1.165) is 25.7 Å². The maximum atomic E-state index is 11.4. The van der Waals surface area contributed by atoms with E-state index in [1.54, 1.807) is 0 Å². The van der Waals surface area contributed by atoms with Crippen LogP contribution in [0.1, 0.15) is 36.4 Å². The van der Waals surface area contributed by atoms with Crippen LogP contribution in [-0.4, -0.2) is 5.78 Å². The van der Waals surface area contributed by atoms with Gasteiger partial charge in [-0.2, -0.15) is 0 Å². The zero-order valence-electron chi connectivity index (χ0n) is 9.45. The van der Waals surface area contributed by atoms with Gasteiger partial charge < -0.3 is 0 Å². The third-order valence-corrected chi connectivity index (χ3v) is 4.76. The molecule has 1 aromatic rings. The number of carbonyl (C=O) groups is 1. The molecule has 0 radical (unpaired) electrons. The van der Waals surface area contributed by atoms with Crippen LogP contribution in [0.25, 0.3) is 0 Å². The summed E-state index contributed by atoms with van der Waals surface area (Å²) in [4.78, 5) is 14.4. The highest BCUT2D eigenvalue weighted by Crippen LogP contribution is 2.32. The second-order valence-corrected chi connectivity index (χ2v) is 5.73. The molecule has 2 heteroatoms. The standard InChI is InChI=1S/C13H18OS/c1-3-11-5-6-12(15-11)8-10-4-7-13(14)9(10)2/h5-6,9-10H,3-4,7-8H2,1-2H3. The van der Waals surface area contributed by atoms with Gasteiger partial charge in [0, 0.05) is 22.1 Å². The highest BCUT2D eigenvalue weighted by molar-refractivity contribution is 7.11. The second-order valence-electron chi connectivity index (χ2n) is 4.48. The van der Waals surface area contributed by atoms with E-state index in [1.165, 1.54) is 9.75 Å². The summed E-state index contributed by atoms with van der Waals surface area (Å²) in [5.74, 6) is 1.35. The minimum atomic E-state index is 0.289. The smallest absolute Gasteiger partial charge is 0.136 e.